The lowest BCUT2D eigenvalue weighted by Crippen LogP contribution is -2.51. The molecule has 0 unspecified atom stereocenters. The van der Waals surface area contributed by atoms with Crippen molar-refractivity contribution in [3.8, 4) is 0 Å². The van der Waals surface area contributed by atoms with Crippen molar-refractivity contribution in [2.75, 3.05) is 49.1 Å². The number of benzene rings is 1. The minimum Gasteiger partial charge on any atom is -0.355 e. The van der Waals surface area contributed by atoms with Crippen molar-refractivity contribution >= 4 is 17.5 Å². The number of carbonyl (C=O) groups excluding carboxylic acids is 1. The fourth-order valence-corrected chi connectivity index (χ4v) is 4.85. The van der Waals surface area contributed by atoms with E-state index in [1.807, 2.05) is 4.90 Å². The summed E-state index contributed by atoms with van der Waals surface area (Å²) in [6.45, 7) is 7.25. The number of amides is 1. The van der Waals surface area contributed by atoms with Crippen molar-refractivity contribution in [1.29, 1.82) is 0 Å². The highest BCUT2D eigenvalue weighted by atomic mass is 19.1. The van der Waals surface area contributed by atoms with Crippen molar-refractivity contribution in [3.05, 3.63) is 47.8 Å². The first-order valence-electron chi connectivity index (χ1n) is 11.4. The molecule has 0 atom stereocenters. The summed E-state index contributed by atoms with van der Waals surface area (Å²) < 4.78 is 13.3. The Kier molecular flexibility index (Phi) is 5.28. The van der Waals surface area contributed by atoms with Gasteiger partial charge in [-0.1, -0.05) is 19.1 Å². The van der Waals surface area contributed by atoms with Gasteiger partial charge in [0.25, 0.3) is 0 Å². The summed E-state index contributed by atoms with van der Waals surface area (Å²) in [5.41, 5.74) is 0.499. The van der Waals surface area contributed by atoms with Crippen LogP contribution in [0.2, 0.25) is 0 Å². The molecule has 2 saturated heterocycles. The molecule has 6 nitrogen and oxygen atoms in total. The molecule has 2 aliphatic heterocycles. The third-order valence-electron chi connectivity index (χ3n) is 7.19. The van der Waals surface area contributed by atoms with Gasteiger partial charge in [0.2, 0.25) is 5.91 Å². The summed E-state index contributed by atoms with van der Waals surface area (Å²) in [5.74, 6) is 2.54. The number of aromatic nitrogens is 2. The molecule has 1 saturated carbocycles. The van der Waals surface area contributed by atoms with Crippen LogP contribution in [-0.4, -0.2) is 60.3 Å². The van der Waals surface area contributed by atoms with E-state index in [2.05, 4.69) is 39.1 Å². The molecule has 164 valence electrons. The average Bonchev–Trinajstić information content (AvgIpc) is 3.62. The Morgan fingerprint density at radius 2 is 1.42 bits per heavy atom. The molecule has 0 N–H and O–H groups in total. The minimum absolute atomic E-state index is 0.180. The number of rotatable bonds is 4. The zero-order valence-electron chi connectivity index (χ0n) is 18.1. The van der Waals surface area contributed by atoms with Gasteiger partial charge >= 0.3 is 0 Å². The van der Waals surface area contributed by atoms with Crippen molar-refractivity contribution in [3.63, 3.8) is 0 Å². The van der Waals surface area contributed by atoms with Gasteiger partial charge in [-0.25, -0.2) is 4.39 Å². The molecule has 7 heteroatoms. The van der Waals surface area contributed by atoms with E-state index in [1.165, 1.54) is 25.0 Å². The summed E-state index contributed by atoms with van der Waals surface area (Å²) in [6, 6.07) is 10.6. The van der Waals surface area contributed by atoms with Gasteiger partial charge in [0.15, 0.2) is 11.6 Å². The molecule has 3 aliphatic rings. The Morgan fingerprint density at radius 1 is 0.871 bits per heavy atom. The van der Waals surface area contributed by atoms with Crippen LogP contribution in [0.3, 0.4) is 0 Å². The molecule has 0 spiro atoms. The molecule has 31 heavy (non-hydrogen) atoms. The van der Waals surface area contributed by atoms with Gasteiger partial charge in [0.1, 0.15) is 5.82 Å². The van der Waals surface area contributed by atoms with E-state index in [0.29, 0.717) is 13.1 Å². The van der Waals surface area contributed by atoms with E-state index in [9.17, 15) is 9.18 Å². The van der Waals surface area contributed by atoms with Gasteiger partial charge in [0, 0.05) is 39.3 Å². The monoisotopic (exact) mass is 423 g/mol. The Hall–Kier alpha value is -2.70. The van der Waals surface area contributed by atoms with Gasteiger partial charge < -0.3 is 14.7 Å². The number of nitrogens with zero attached hydrogens (tertiary/aromatic N) is 5. The van der Waals surface area contributed by atoms with E-state index in [1.54, 1.807) is 12.1 Å². The van der Waals surface area contributed by atoms with Crippen molar-refractivity contribution in [2.45, 2.75) is 38.0 Å². The van der Waals surface area contributed by atoms with Crippen LogP contribution in [0, 0.1) is 11.7 Å². The Bertz CT molecular complexity index is 912. The summed E-state index contributed by atoms with van der Waals surface area (Å²) in [5, 5.41) is 8.95. The van der Waals surface area contributed by atoms with Gasteiger partial charge in [-0.15, -0.1) is 10.2 Å². The quantitative estimate of drug-likeness (QED) is 0.756. The summed E-state index contributed by atoms with van der Waals surface area (Å²) >= 11 is 0. The Morgan fingerprint density at radius 3 is 1.94 bits per heavy atom. The minimum atomic E-state index is -0.441. The molecule has 2 aromatic rings. The Balaban J connectivity index is 1.19. The molecular formula is C24H30FN5O. The maximum atomic E-state index is 13.3. The van der Waals surface area contributed by atoms with E-state index in [4.69, 9.17) is 0 Å². The van der Waals surface area contributed by atoms with Crippen LogP contribution in [0.25, 0.3) is 0 Å². The fraction of sp³-hybridized carbons (Fsp3) is 0.542. The first-order chi connectivity index (χ1) is 15.0. The second-order valence-corrected chi connectivity index (χ2v) is 9.29. The average molecular weight is 424 g/mol. The van der Waals surface area contributed by atoms with Crippen LogP contribution in [0.5, 0.6) is 0 Å². The van der Waals surface area contributed by atoms with E-state index in [0.717, 1.165) is 62.1 Å². The topological polar surface area (TPSA) is 52.6 Å². The number of carbonyl (C=O) groups is 1. The van der Waals surface area contributed by atoms with Crippen molar-refractivity contribution < 1.29 is 9.18 Å². The number of piperazine rings is 1. The lowest BCUT2D eigenvalue weighted by molar-refractivity contribution is -0.134. The number of hydrogen-bond acceptors (Lipinski definition) is 5. The fourth-order valence-electron chi connectivity index (χ4n) is 4.85. The summed E-state index contributed by atoms with van der Waals surface area (Å²) in [6.07, 6.45) is 4.11. The largest absolute Gasteiger partial charge is 0.355 e. The van der Waals surface area contributed by atoms with Crippen LogP contribution < -0.4 is 9.80 Å². The molecule has 0 bridgehead atoms. The predicted octanol–water partition coefficient (Wildman–Crippen LogP) is 3.23. The molecule has 1 aliphatic carbocycles. The highest BCUT2D eigenvalue weighted by Crippen LogP contribution is 2.49. The summed E-state index contributed by atoms with van der Waals surface area (Å²) in [7, 11) is 0. The van der Waals surface area contributed by atoms with Crippen LogP contribution in [0.1, 0.15) is 38.2 Å². The molecule has 3 fully saturated rings. The first-order valence-corrected chi connectivity index (χ1v) is 11.4. The number of piperidine rings is 1. The number of halogens is 1. The molecule has 5 rings (SSSR count). The lowest BCUT2D eigenvalue weighted by atomic mass is 9.94. The zero-order chi connectivity index (χ0) is 21.4. The Labute approximate surface area is 183 Å². The zero-order valence-corrected chi connectivity index (χ0v) is 18.1. The van der Waals surface area contributed by atoms with Crippen LogP contribution >= 0.6 is 0 Å². The van der Waals surface area contributed by atoms with E-state index in [-0.39, 0.29) is 11.7 Å². The van der Waals surface area contributed by atoms with Crippen LogP contribution in [0.15, 0.2) is 36.4 Å². The maximum absolute atomic E-state index is 13.3. The number of anilines is 2. The second kappa shape index (κ2) is 8.09. The smallest absolute Gasteiger partial charge is 0.233 e. The van der Waals surface area contributed by atoms with Crippen LogP contribution in [-0.2, 0) is 10.2 Å². The van der Waals surface area contributed by atoms with E-state index < -0.39 is 5.41 Å². The standard InChI is InChI=1S/C24H30FN5O/c1-18-8-12-28(13-9-18)21-6-7-22(27-26-21)29-14-16-30(17-15-29)23(31)24(10-11-24)19-2-4-20(25)5-3-19/h2-7,18H,8-17H2,1H3. The first kappa shape index (κ1) is 20.2. The van der Waals surface area contributed by atoms with Gasteiger partial charge in [-0.2, -0.15) is 0 Å². The van der Waals surface area contributed by atoms with Crippen molar-refractivity contribution in [1.82, 2.24) is 15.1 Å². The van der Waals surface area contributed by atoms with Crippen molar-refractivity contribution in [2.24, 2.45) is 5.92 Å². The van der Waals surface area contributed by atoms with Gasteiger partial charge in [-0.3, -0.25) is 4.79 Å². The highest BCUT2D eigenvalue weighted by molar-refractivity contribution is 5.91. The molecule has 1 amide bonds. The molecular weight excluding hydrogens is 393 g/mol. The van der Waals surface area contributed by atoms with Gasteiger partial charge in [-0.05, 0) is 61.4 Å². The van der Waals surface area contributed by atoms with E-state index >= 15 is 0 Å². The SMILES string of the molecule is CC1CCN(c2ccc(N3CCN(C(=O)C4(c5ccc(F)cc5)CC4)CC3)nn2)CC1. The van der Waals surface area contributed by atoms with Crippen LogP contribution in [0.4, 0.5) is 16.0 Å². The van der Waals surface area contributed by atoms with Gasteiger partial charge in [0.05, 0.1) is 5.41 Å². The summed E-state index contributed by atoms with van der Waals surface area (Å²) in [4.78, 5) is 19.7. The molecule has 1 aromatic heterocycles. The maximum Gasteiger partial charge on any atom is 0.233 e. The third kappa shape index (κ3) is 3.98. The normalized spacial score (nSPS) is 21.3. The molecule has 1 aromatic carbocycles. The third-order valence-corrected chi connectivity index (χ3v) is 7.19. The number of hydrogen-bond donors (Lipinski definition) is 0. The predicted molar refractivity (Wildman–Crippen MR) is 119 cm³/mol. The molecule has 0 radical (unpaired) electrons. The lowest BCUT2D eigenvalue weighted by Gasteiger charge is -2.37. The second-order valence-electron chi connectivity index (χ2n) is 9.29. The molecule has 3 heterocycles. The highest BCUT2D eigenvalue weighted by Gasteiger charge is 2.53.